The number of rotatable bonds is 2. The Morgan fingerprint density at radius 1 is 1.27 bits per heavy atom. The van der Waals surface area contributed by atoms with Crippen LogP contribution in [-0.4, -0.2) is 9.55 Å². The van der Waals surface area contributed by atoms with Crippen LogP contribution in [0.3, 0.4) is 0 Å². The fourth-order valence-electron chi connectivity index (χ4n) is 1.62. The van der Waals surface area contributed by atoms with Crippen molar-refractivity contribution in [3.05, 3.63) is 36.3 Å². The molecular weight excluding hydrogens is 186 g/mol. The molecule has 0 saturated heterocycles. The van der Waals surface area contributed by atoms with Crippen LogP contribution in [0.15, 0.2) is 30.5 Å². The van der Waals surface area contributed by atoms with Gasteiger partial charge in [-0.3, -0.25) is 0 Å². The molecule has 0 saturated carbocycles. The molecular formula is C12H15N3. The first kappa shape index (κ1) is 9.77. The summed E-state index contributed by atoms with van der Waals surface area (Å²) in [6.45, 7) is 5.08. The van der Waals surface area contributed by atoms with Gasteiger partial charge >= 0.3 is 0 Å². The molecule has 0 aliphatic carbocycles. The van der Waals surface area contributed by atoms with E-state index in [-0.39, 0.29) is 0 Å². The summed E-state index contributed by atoms with van der Waals surface area (Å²) in [6, 6.07) is 7.79. The molecule has 15 heavy (non-hydrogen) atoms. The quantitative estimate of drug-likeness (QED) is 0.758. The maximum atomic E-state index is 5.64. The van der Waals surface area contributed by atoms with Crippen molar-refractivity contribution in [3.63, 3.8) is 0 Å². The van der Waals surface area contributed by atoms with Gasteiger partial charge in [0.25, 0.3) is 0 Å². The zero-order valence-corrected chi connectivity index (χ0v) is 9.07. The normalized spacial score (nSPS) is 10.5. The van der Waals surface area contributed by atoms with Gasteiger partial charge in [-0.05, 0) is 26.0 Å². The van der Waals surface area contributed by atoms with Crippen molar-refractivity contribution < 1.29 is 0 Å². The summed E-state index contributed by atoms with van der Waals surface area (Å²) in [7, 11) is 0. The second-order valence-electron chi connectivity index (χ2n) is 3.58. The maximum absolute atomic E-state index is 5.64. The number of benzene rings is 1. The van der Waals surface area contributed by atoms with Gasteiger partial charge in [0.05, 0.1) is 5.69 Å². The van der Waals surface area contributed by atoms with E-state index in [1.54, 1.807) is 0 Å². The third-order valence-corrected chi connectivity index (χ3v) is 2.52. The number of aromatic nitrogens is 2. The second kappa shape index (κ2) is 3.77. The molecule has 1 heterocycles. The van der Waals surface area contributed by atoms with Crippen LogP contribution in [-0.2, 0) is 6.54 Å². The van der Waals surface area contributed by atoms with Crippen LogP contribution < -0.4 is 5.73 Å². The highest BCUT2D eigenvalue weighted by Gasteiger charge is 2.04. The summed E-state index contributed by atoms with van der Waals surface area (Å²) >= 11 is 0. The van der Waals surface area contributed by atoms with Crippen molar-refractivity contribution in [1.82, 2.24) is 9.55 Å². The lowest BCUT2D eigenvalue weighted by atomic mass is 10.1. The highest BCUT2D eigenvalue weighted by molar-refractivity contribution is 5.61. The average Bonchev–Trinajstić information content (AvgIpc) is 2.61. The lowest BCUT2D eigenvalue weighted by molar-refractivity contribution is 0.730. The van der Waals surface area contributed by atoms with Crippen LogP contribution in [0, 0.1) is 6.92 Å². The minimum absolute atomic E-state index is 0.783. The minimum Gasteiger partial charge on any atom is -0.399 e. The van der Waals surface area contributed by atoms with Crippen molar-refractivity contribution in [2.24, 2.45) is 0 Å². The van der Waals surface area contributed by atoms with E-state index in [2.05, 4.69) is 22.7 Å². The van der Waals surface area contributed by atoms with Crippen molar-refractivity contribution in [2.45, 2.75) is 20.4 Å². The second-order valence-corrected chi connectivity index (χ2v) is 3.58. The Morgan fingerprint density at radius 3 is 2.47 bits per heavy atom. The molecule has 0 amide bonds. The molecule has 0 radical (unpaired) electrons. The zero-order valence-electron chi connectivity index (χ0n) is 9.07. The molecule has 2 rings (SSSR count). The molecule has 0 spiro atoms. The van der Waals surface area contributed by atoms with Crippen LogP contribution in [0.25, 0.3) is 11.3 Å². The minimum atomic E-state index is 0.783. The molecule has 78 valence electrons. The molecule has 1 aromatic heterocycles. The number of nitrogen functional groups attached to an aromatic ring is 1. The summed E-state index contributed by atoms with van der Waals surface area (Å²) in [4.78, 5) is 4.50. The Kier molecular flexibility index (Phi) is 2.46. The maximum Gasteiger partial charge on any atom is 0.106 e. The third-order valence-electron chi connectivity index (χ3n) is 2.52. The Bertz CT molecular complexity index is 454. The van der Waals surface area contributed by atoms with E-state index in [0.717, 1.165) is 29.3 Å². The highest BCUT2D eigenvalue weighted by atomic mass is 15.1. The largest absolute Gasteiger partial charge is 0.399 e. The number of hydrogen-bond donors (Lipinski definition) is 1. The number of imidazole rings is 1. The number of anilines is 1. The summed E-state index contributed by atoms with van der Waals surface area (Å²) in [5.41, 5.74) is 8.54. The van der Waals surface area contributed by atoms with Gasteiger partial charge in [-0.15, -0.1) is 0 Å². The van der Waals surface area contributed by atoms with Gasteiger partial charge in [-0.2, -0.15) is 0 Å². The first-order valence-corrected chi connectivity index (χ1v) is 5.10. The summed E-state index contributed by atoms with van der Waals surface area (Å²) in [5, 5.41) is 0. The number of aryl methyl sites for hydroxylation is 2. The van der Waals surface area contributed by atoms with Gasteiger partial charge in [0, 0.05) is 24.0 Å². The molecule has 1 aromatic carbocycles. The lowest BCUT2D eigenvalue weighted by Crippen LogP contribution is -1.93. The summed E-state index contributed by atoms with van der Waals surface area (Å²) < 4.78 is 2.13. The standard InChI is InChI=1S/C12H15N3/c1-3-15-8-12(14-9(15)2)10-4-6-11(13)7-5-10/h4-8H,3,13H2,1-2H3. The van der Waals surface area contributed by atoms with E-state index < -0.39 is 0 Å². The predicted octanol–water partition coefficient (Wildman–Crippen LogP) is 2.46. The summed E-state index contributed by atoms with van der Waals surface area (Å²) in [6.07, 6.45) is 2.07. The highest BCUT2D eigenvalue weighted by Crippen LogP contribution is 2.19. The van der Waals surface area contributed by atoms with Gasteiger partial charge in [0.15, 0.2) is 0 Å². The van der Waals surface area contributed by atoms with Gasteiger partial charge in [-0.1, -0.05) is 12.1 Å². The molecule has 2 aromatic rings. The van der Waals surface area contributed by atoms with Crippen LogP contribution in [0.5, 0.6) is 0 Å². The molecule has 0 aliphatic heterocycles. The molecule has 3 heteroatoms. The number of hydrogen-bond acceptors (Lipinski definition) is 2. The van der Waals surface area contributed by atoms with E-state index in [4.69, 9.17) is 5.73 Å². The molecule has 0 unspecified atom stereocenters. The van der Waals surface area contributed by atoms with Crippen LogP contribution in [0.4, 0.5) is 5.69 Å². The van der Waals surface area contributed by atoms with E-state index in [1.807, 2.05) is 31.2 Å². The fraction of sp³-hybridized carbons (Fsp3) is 0.250. The molecule has 2 N–H and O–H groups in total. The van der Waals surface area contributed by atoms with Crippen molar-refractivity contribution in [2.75, 3.05) is 5.73 Å². The average molecular weight is 201 g/mol. The van der Waals surface area contributed by atoms with Gasteiger partial charge < -0.3 is 10.3 Å². The van der Waals surface area contributed by atoms with E-state index in [9.17, 15) is 0 Å². The van der Waals surface area contributed by atoms with Crippen molar-refractivity contribution in [3.8, 4) is 11.3 Å². The number of nitrogens with two attached hydrogens (primary N) is 1. The van der Waals surface area contributed by atoms with Crippen molar-refractivity contribution >= 4 is 5.69 Å². The molecule has 0 fully saturated rings. The Hall–Kier alpha value is -1.77. The molecule has 0 bridgehead atoms. The first-order chi connectivity index (χ1) is 7.20. The Labute approximate surface area is 89.6 Å². The topological polar surface area (TPSA) is 43.8 Å². The van der Waals surface area contributed by atoms with E-state index >= 15 is 0 Å². The zero-order chi connectivity index (χ0) is 10.8. The first-order valence-electron chi connectivity index (χ1n) is 5.10. The van der Waals surface area contributed by atoms with Gasteiger partial charge in [0.2, 0.25) is 0 Å². The lowest BCUT2D eigenvalue weighted by Gasteiger charge is -1.97. The Morgan fingerprint density at radius 2 is 1.93 bits per heavy atom. The van der Waals surface area contributed by atoms with E-state index in [0.29, 0.717) is 0 Å². The smallest absolute Gasteiger partial charge is 0.106 e. The van der Waals surface area contributed by atoms with Crippen LogP contribution in [0.1, 0.15) is 12.7 Å². The van der Waals surface area contributed by atoms with Crippen LogP contribution >= 0.6 is 0 Å². The number of nitrogens with zero attached hydrogens (tertiary/aromatic N) is 2. The van der Waals surface area contributed by atoms with Crippen molar-refractivity contribution in [1.29, 1.82) is 0 Å². The Balaban J connectivity index is 2.41. The van der Waals surface area contributed by atoms with E-state index in [1.165, 1.54) is 0 Å². The monoisotopic (exact) mass is 201 g/mol. The van der Waals surface area contributed by atoms with Gasteiger partial charge in [0.1, 0.15) is 5.82 Å². The molecule has 0 atom stereocenters. The summed E-state index contributed by atoms with van der Waals surface area (Å²) in [5.74, 6) is 1.05. The SMILES string of the molecule is CCn1cc(-c2ccc(N)cc2)nc1C. The molecule has 0 aliphatic rings. The fourth-order valence-corrected chi connectivity index (χ4v) is 1.62. The van der Waals surface area contributed by atoms with Crippen LogP contribution in [0.2, 0.25) is 0 Å². The third kappa shape index (κ3) is 1.86. The predicted molar refractivity (Wildman–Crippen MR) is 62.5 cm³/mol. The van der Waals surface area contributed by atoms with Gasteiger partial charge in [-0.25, -0.2) is 4.98 Å². The molecule has 3 nitrogen and oxygen atoms in total.